The number of rotatable bonds is 2. The van der Waals surface area contributed by atoms with Crippen LogP contribution in [0.1, 0.15) is 11.7 Å². The molecule has 0 spiro atoms. The van der Waals surface area contributed by atoms with Gasteiger partial charge >= 0.3 is 0 Å². The van der Waals surface area contributed by atoms with E-state index in [2.05, 4.69) is 32.1 Å². The Morgan fingerprint density at radius 2 is 2.00 bits per heavy atom. The molecule has 4 aromatic rings. The van der Waals surface area contributed by atoms with Crippen LogP contribution in [0, 0.1) is 0 Å². The van der Waals surface area contributed by atoms with Gasteiger partial charge in [-0.25, -0.2) is 10.4 Å². The summed E-state index contributed by atoms with van der Waals surface area (Å²) >= 11 is 0. The summed E-state index contributed by atoms with van der Waals surface area (Å²) < 4.78 is 5.95. The van der Waals surface area contributed by atoms with Crippen molar-refractivity contribution in [3.05, 3.63) is 54.1 Å². The molecule has 0 amide bonds. The Morgan fingerprint density at radius 3 is 2.87 bits per heavy atom. The largest absolute Gasteiger partial charge is 0.454 e. The maximum atomic E-state index is 5.95. The molecule has 6 nitrogen and oxygen atoms in total. The molecule has 6 heteroatoms. The number of fused-ring (bicyclic) bond motifs is 2. The highest BCUT2D eigenvalue weighted by atomic mass is 16.3. The van der Waals surface area contributed by atoms with Gasteiger partial charge in [0.1, 0.15) is 17.4 Å². The lowest BCUT2D eigenvalue weighted by molar-refractivity contribution is 0.576. The van der Waals surface area contributed by atoms with E-state index in [0.29, 0.717) is 0 Å². The lowest BCUT2D eigenvalue weighted by Gasteiger charge is -2.07. The molecule has 0 bridgehead atoms. The molecule has 1 unspecified atom stereocenters. The van der Waals surface area contributed by atoms with Gasteiger partial charge in [-0.2, -0.15) is 5.10 Å². The molecule has 1 atom stereocenters. The van der Waals surface area contributed by atoms with E-state index in [9.17, 15) is 0 Å². The lowest BCUT2D eigenvalue weighted by Crippen LogP contribution is -2.26. The lowest BCUT2D eigenvalue weighted by atomic mass is 10.1. The summed E-state index contributed by atoms with van der Waals surface area (Å²) in [4.78, 5) is 4.33. The average Bonchev–Trinajstić information content (AvgIpc) is 3.32. The number of para-hydroxylation sites is 1. The van der Waals surface area contributed by atoms with E-state index in [1.807, 2.05) is 42.5 Å². The van der Waals surface area contributed by atoms with Crippen LogP contribution in [0.25, 0.3) is 33.3 Å². The Labute approximate surface area is 131 Å². The summed E-state index contributed by atoms with van der Waals surface area (Å²) in [6.07, 6.45) is 1.57. The SMILES string of the molecule is C1=NC(c2ccc3[nH]nc(-c4cc5ccccc5o4)c3c2)NN1. The zero-order valence-electron chi connectivity index (χ0n) is 12.1. The summed E-state index contributed by atoms with van der Waals surface area (Å²) in [7, 11) is 0. The second-order valence-corrected chi connectivity index (χ2v) is 5.50. The van der Waals surface area contributed by atoms with Crippen molar-refractivity contribution in [1.29, 1.82) is 0 Å². The van der Waals surface area contributed by atoms with E-state index in [4.69, 9.17) is 4.42 Å². The number of aromatic amines is 1. The van der Waals surface area contributed by atoms with E-state index in [-0.39, 0.29) is 6.17 Å². The van der Waals surface area contributed by atoms with Crippen molar-refractivity contribution in [2.24, 2.45) is 4.99 Å². The summed E-state index contributed by atoms with van der Waals surface area (Å²) in [6.45, 7) is 0. The molecule has 0 radical (unpaired) electrons. The second-order valence-electron chi connectivity index (χ2n) is 5.50. The molecule has 0 saturated carbocycles. The molecule has 0 saturated heterocycles. The molecule has 5 rings (SSSR count). The first kappa shape index (κ1) is 12.4. The predicted octanol–water partition coefficient (Wildman–Crippen LogP) is 3.11. The van der Waals surface area contributed by atoms with Crippen LogP contribution in [0.2, 0.25) is 0 Å². The molecule has 1 aliphatic heterocycles. The Morgan fingerprint density at radius 1 is 1.04 bits per heavy atom. The highest BCUT2D eigenvalue weighted by molar-refractivity contribution is 5.94. The standard InChI is InChI=1S/C17H13N5O/c1-2-4-14-10(3-1)8-15(23-14)16-12-7-11(17-18-9-19-22-17)5-6-13(12)20-21-16/h1-9,17,22H,(H,18,19)(H,20,21). The molecule has 2 aromatic heterocycles. The monoisotopic (exact) mass is 303 g/mol. The van der Waals surface area contributed by atoms with Crippen molar-refractivity contribution < 1.29 is 4.42 Å². The summed E-state index contributed by atoms with van der Waals surface area (Å²) in [5, 5.41) is 9.59. The van der Waals surface area contributed by atoms with Crippen LogP contribution in [0.4, 0.5) is 0 Å². The van der Waals surface area contributed by atoms with E-state index in [0.717, 1.165) is 38.9 Å². The van der Waals surface area contributed by atoms with Gasteiger partial charge in [-0.3, -0.25) is 5.10 Å². The van der Waals surface area contributed by atoms with Gasteiger partial charge in [-0.15, -0.1) is 0 Å². The Kier molecular flexibility index (Phi) is 2.53. The van der Waals surface area contributed by atoms with Gasteiger partial charge in [0, 0.05) is 10.8 Å². The molecular weight excluding hydrogens is 290 g/mol. The smallest absolute Gasteiger partial charge is 0.156 e. The predicted molar refractivity (Wildman–Crippen MR) is 88.8 cm³/mol. The summed E-state index contributed by atoms with van der Waals surface area (Å²) in [6, 6.07) is 16.1. The maximum Gasteiger partial charge on any atom is 0.156 e. The van der Waals surface area contributed by atoms with E-state index < -0.39 is 0 Å². The third-order valence-corrected chi connectivity index (χ3v) is 4.07. The number of H-pyrrole nitrogens is 1. The van der Waals surface area contributed by atoms with E-state index in [1.54, 1.807) is 6.34 Å². The second kappa shape index (κ2) is 4.69. The quantitative estimate of drug-likeness (QED) is 0.531. The van der Waals surface area contributed by atoms with Crippen molar-refractivity contribution in [3.63, 3.8) is 0 Å². The highest BCUT2D eigenvalue weighted by Gasteiger charge is 2.17. The number of furan rings is 1. The highest BCUT2D eigenvalue weighted by Crippen LogP contribution is 2.32. The number of aromatic nitrogens is 2. The fraction of sp³-hybridized carbons (Fsp3) is 0.0588. The van der Waals surface area contributed by atoms with Crippen molar-refractivity contribution >= 4 is 28.2 Å². The van der Waals surface area contributed by atoms with Crippen LogP contribution in [-0.2, 0) is 0 Å². The summed E-state index contributed by atoms with van der Waals surface area (Å²) in [5.41, 5.74) is 9.69. The minimum absolute atomic E-state index is 0.0853. The Bertz CT molecular complexity index is 1010. The van der Waals surface area contributed by atoms with Crippen LogP contribution in [-0.4, -0.2) is 16.5 Å². The van der Waals surface area contributed by atoms with Crippen molar-refractivity contribution in [2.75, 3.05) is 0 Å². The van der Waals surface area contributed by atoms with Crippen LogP contribution in [0.5, 0.6) is 0 Å². The van der Waals surface area contributed by atoms with Crippen LogP contribution >= 0.6 is 0 Å². The van der Waals surface area contributed by atoms with Gasteiger partial charge in [0.15, 0.2) is 5.76 Å². The fourth-order valence-corrected chi connectivity index (χ4v) is 2.92. The van der Waals surface area contributed by atoms with Gasteiger partial charge in [0.25, 0.3) is 0 Å². The number of hydrogen-bond donors (Lipinski definition) is 3. The molecule has 1 aliphatic rings. The normalized spacial score (nSPS) is 17.1. The minimum Gasteiger partial charge on any atom is -0.454 e. The minimum atomic E-state index is -0.0853. The van der Waals surface area contributed by atoms with E-state index in [1.165, 1.54) is 0 Å². The summed E-state index contributed by atoms with van der Waals surface area (Å²) in [5.74, 6) is 0.760. The number of hydrazine groups is 1. The third kappa shape index (κ3) is 1.92. The average molecular weight is 303 g/mol. The van der Waals surface area contributed by atoms with E-state index >= 15 is 0 Å². The number of nitrogens with zero attached hydrogens (tertiary/aromatic N) is 2. The molecule has 3 heterocycles. The fourth-order valence-electron chi connectivity index (χ4n) is 2.92. The topological polar surface area (TPSA) is 78.2 Å². The third-order valence-electron chi connectivity index (χ3n) is 4.07. The maximum absolute atomic E-state index is 5.95. The first-order chi connectivity index (χ1) is 11.4. The Hall–Kier alpha value is -3.12. The molecule has 0 fully saturated rings. The molecule has 112 valence electrons. The van der Waals surface area contributed by atoms with Gasteiger partial charge in [0.05, 0.1) is 11.9 Å². The van der Waals surface area contributed by atoms with Gasteiger partial charge < -0.3 is 9.84 Å². The molecule has 2 aromatic carbocycles. The molecule has 3 N–H and O–H groups in total. The zero-order chi connectivity index (χ0) is 15.2. The van der Waals surface area contributed by atoms with Crippen molar-refractivity contribution in [3.8, 4) is 11.5 Å². The molecule has 23 heavy (non-hydrogen) atoms. The molecule has 0 aliphatic carbocycles. The van der Waals surface area contributed by atoms with Crippen molar-refractivity contribution in [1.82, 2.24) is 21.0 Å². The van der Waals surface area contributed by atoms with Crippen molar-refractivity contribution in [2.45, 2.75) is 6.17 Å². The number of hydrogen-bond acceptors (Lipinski definition) is 5. The molecular formula is C17H13N5O. The van der Waals surface area contributed by atoms with Crippen LogP contribution < -0.4 is 10.9 Å². The van der Waals surface area contributed by atoms with Crippen LogP contribution in [0.3, 0.4) is 0 Å². The van der Waals surface area contributed by atoms with Gasteiger partial charge in [-0.05, 0) is 29.8 Å². The van der Waals surface area contributed by atoms with Gasteiger partial charge in [-0.1, -0.05) is 24.3 Å². The number of benzene rings is 2. The number of aliphatic imine (C=N–C) groups is 1. The zero-order valence-corrected chi connectivity index (χ0v) is 12.1. The first-order valence-corrected chi connectivity index (χ1v) is 7.38. The van der Waals surface area contributed by atoms with Gasteiger partial charge in [0.2, 0.25) is 0 Å². The number of nitrogens with one attached hydrogen (secondary N) is 3. The first-order valence-electron chi connectivity index (χ1n) is 7.38. The Balaban J connectivity index is 1.68. The van der Waals surface area contributed by atoms with Crippen LogP contribution in [0.15, 0.2) is 57.9 Å².